The van der Waals surface area contributed by atoms with Gasteiger partial charge in [0, 0.05) is 30.1 Å². The molecule has 0 bridgehead atoms. The standard InChI is InChI=1S/C18H29ClN4O2S.HI/c1-3-20-17(21-11-6-12-23-26(24,25)4-2)22-14-18(9-10-18)15-7-5-8-16(19)13-15;/h5,7-8,13,23H,3-4,6,9-12,14H2,1-2H3,(H2,20,21,22);1H. The SMILES string of the molecule is CCNC(=NCC1(c2cccc(Cl)c2)CC1)NCCCNS(=O)(=O)CC.I. The maximum Gasteiger partial charge on any atom is 0.211 e. The van der Waals surface area contributed by atoms with E-state index < -0.39 is 10.0 Å². The molecule has 0 aromatic heterocycles. The first kappa shape index (κ1) is 24.5. The maximum absolute atomic E-state index is 11.4. The highest BCUT2D eigenvalue weighted by molar-refractivity contribution is 14.0. The van der Waals surface area contributed by atoms with E-state index in [0.29, 0.717) is 26.1 Å². The summed E-state index contributed by atoms with van der Waals surface area (Å²) in [6.45, 7) is 6.22. The number of guanidine groups is 1. The van der Waals surface area contributed by atoms with Crippen LogP contribution in [-0.4, -0.2) is 46.3 Å². The molecule has 0 amide bonds. The summed E-state index contributed by atoms with van der Waals surface area (Å²) in [4.78, 5) is 4.73. The molecule has 3 N–H and O–H groups in total. The molecule has 0 heterocycles. The van der Waals surface area contributed by atoms with Crippen molar-refractivity contribution in [3.8, 4) is 0 Å². The zero-order valence-electron chi connectivity index (χ0n) is 15.9. The van der Waals surface area contributed by atoms with E-state index in [-0.39, 0.29) is 35.1 Å². The molecule has 1 fully saturated rings. The van der Waals surface area contributed by atoms with Gasteiger partial charge in [-0.15, -0.1) is 24.0 Å². The van der Waals surface area contributed by atoms with Crippen LogP contribution in [0.5, 0.6) is 0 Å². The Hall–Kier alpha value is -0.580. The first-order chi connectivity index (χ1) is 12.4. The van der Waals surface area contributed by atoms with Gasteiger partial charge in [0.05, 0.1) is 12.3 Å². The number of rotatable bonds is 10. The maximum atomic E-state index is 11.4. The highest BCUT2D eigenvalue weighted by Gasteiger charge is 2.44. The Kier molecular flexibility index (Phi) is 10.4. The second-order valence-corrected chi connectivity index (χ2v) is 9.10. The molecular formula is C18H30ClIN4O2S. The number of hydrogen-bond donors (Lipinski definition) is 3. The van der Waals surface area contributed by atoms with Crippen molar-refractivity contribution < 1.29 is 8.42 Å². The lowest BCUT2D eigenvalue weighted by molar-refractivity contribution is 0.579. The molecule has 2 rings (SSSR count). The van der Waals surface area contributed by atoms with Crippen molar-refractivity contribution in [2.45, 2.75) is 38.5 Å². The zero-order valence-corrected chi connectivity index (χ0v) is 19.8. The minimum Gasteiger partial charge on any atom is -0.357 e. The van der Waals surface area contributed by atoms with Crippen molar-refractivity contribution >= 4 is 51.6 Å². The summed E-state index contributed by atoms with van der Waals surface area (Å²) in [6, 6.07) is 8.03. The summed E-state index contributed by atoms with van der Waals surface area (Å²) < 4.78 is 25.4. The van der Waals surface area contributed by atoms with Gasteiger partial charge in [0.1, 0.15) is 0 Å². The highest BCUT2D eigenvalue weighted by Crippen LogP contribution is 2.48. The largest absolute Gasteiger partial charge is 0.357 e. The molecule has 1 aromatic carbocycles. The predicted molar refractivity (Wildman–Crippen MR) is 124 cm³/mol. The van der Waals surface area contributed by atoms with Crippen LogP contribution in [0.25, 0.3) is 0 Å². The monoisotopic (exact) mass is 528 g/mol. The average molecular weight is 529 g/mol. The van der Waals surface area contributed by atoms with E-state index in [1.54, 1.807) is 6.92 Å². The van der Waals surface area contributed by atoms with E-state index in [0.717, 1.165) is 30.4 Å². The molecule has 0 radical (unpaired) electrons. The molecule has 27 heavy (non-hydrogen) atoms. The lowest BCUT2D eigenvalue weighted by Crippen LogP contribution is -2.39. The van der Waals surface area contributed by atoms with Crippen LogP contribution in [0.4, 0.5) is 0 Å². The van der Waals surface area contributed by atoms with Crippen LogP contribution in [0.3, 0.4) is 0 Å². The van der Waals surface area contributed by atoms with E-state index in [4.69, 9.17) is 16.6 Å². The van der Waals surface area contributed by atoms with Gasteiger partial charge in [-0.05, 0) is 50.8 Å². The van der Waals surface area contributed by atoms with Gasteiger partial charge < -0.3 is 10.6 Å². The second kappa shape index (κ2) is 11.4. The molecule has 0 spiro atoms. The third kappa shape index (κ3) is 8.13. The Bertz CT molecular complexity index is 724. The minimum absolute atomic E-state index is 0. The van der Waals surface area contributed by atoms with Crippen LogP contribution in [0.15, 0.2) is 29.3 Å². The molecule has 0 unspecified atom stereocenters. The summed E-state index contributed by atoms with van der Waals surface area (Å²) in [5.41, 5.74) is 1.35. The number of benzene rings is 1. The molecule has 1 aliphatic carbocycles. The van der Waals surface area contributed by atoms with Crippen LogP contribution in [-0.2, 0) is 15.4 Å². The zero-order chi connectivity index (χ0) is 19.0. The molecule has 1 saturated carbocycles. The normalized spacial score (nSPS) is 15.7. The number of nitrogens with one attached hydrogen (secondary N) is 3. The molecule has 6 nitrogen and oxygen atoms in total. The molecule has 1 aromatic rings. The second-order valence-electron chi connectivity index (χ2n) is 6.56. The first-order valence-corrected chi connectivity index (χ1v) is 11.2. The van der Waals surface area contributed by atoms with Gasteiger partial charge in [0.25, 0.3) is 0 Å². The fourth-order valence-corrected chi connectivity index (χ4v) is 3.55. The van der Waals surface area contributed by atoms with E-state index >= 15 is 0 Å². The smallest absolute Gasteiger partial charge is 0.211 e. The number of aliphatic imine (C=N–C) groups is 1. The van der Waals surface area contributed by atoms with E-state index in [9.17, 15) is 8.42 Å². The van der Waals surface area contributed by atoms with Gasteiger partial charge in [-0.25, -0.2) is 13.1 Å². The fraction of sp³-hybridized carbons (Fsp3) is 0.611. The van der Waals surface area contributed by atoms with Gasteiger partial charge in [-0.2, -0.15) is 0 Å². The summed E-state index contributed by atoms with van der Waals surface area (Å²) in [5, 5.41) is 7.27. The Morgan fingerprint density at radius 2 is 1.96 bits per heavy atom. The minimum atomic E-state index is -3.12. The Morgan fingerprint density at radius 1 is 1.22 bits per heavy atom. The van der Waals surface area contributed by atoms with Gasteiger partial charge in [-0.1, -0.05) is 23.7 Å². The molecule has 0 aliphatic heterocycles. The quantitative estimate of drug-likeness (QED) is 0.189. The fourth-order valence-electron chi connectivity index (χ4n) is 2.70. The number of halogens is 2. The van der Waals surface area contributed by atoms with Gasteiger partial charge >= 0.3 is 0 Å². The molecule has 9 heteroatoms. The third-order valence-corrected chi connectivity index (χ3v) is 6.16. The van der Waals surface area contributed by atoms with Crippen molar-refractivity contribution in [2.24, 2.45) is 4.99 Å². The highest BCUT2D eigenvalue weighted by atomic mass is 127. The van der Waals surface area contributed by atoms with E-state index in [1.165, 1.54) is 5.56 Å². The number of hydrogen-bond acceptors (Lipinski definition) is 3. The van der Waals surface area contributed by atoms with E-state index in [1.807, 2.05) is 25.1 Å². The number of nitrogens with zero attached hydrogens (tertiary/aromatic N) is 1. The van der Waals surface area contributed by atoms with Crippen LogP contribution in [0.2, 0.25) is 5.02 Å². The first-order valence-electron chi connectivity index (χ1n) is 9.16. The molecule has 154 valence electrons. The lowest BCUT2D eigenvalue weighted by atomic mass is 9.96. The predicted octanol–water partition coefficient (Wildman–Crippen LogP) is 2.87. The van der Waals surface area contributed by atoms with Gasteiger partial charge in [-0.3, -0.25) is 4.99 Å². The molecule has 0 saturated heterocycles. The molecular weight excluding hydrogens is 499 g/mol. The van der Waals surface area contributed by atoms with Crippen molar-refractivity contribution in [3.63, 3.8) is 0 Å². The molecule has 1 aliphatic rings. The van der Waals surface area contributed by atoms with Gasteiger partial charge in [0.15, 0.2) is 5.96 Å². The third-order valence-electron chi connectivity index (χ3n) is 4.52. The summed E-state index contributed by atoms with van der Waals surface area (Å²) in [6.07, 6.45) is 2.94. The topological polar surface area (TPSA) is 82.6 Å². The van der Waals surface area contributed by atoms with Crippen LogP contribution < -0.4 is 15.4 Å². The van der Waals surface area contributed by atoms with Crippen molar-refractivity contribution in [2.75, 3.05) is 31.9 Å². The van der Waals surface area contributed by atoms with E-state index in [2.05, 4.69) is 21.4 Å². The Labute approximate surface area is 185 Å². The summed E-state index contributed by atoms with van der Waals surface area (Å²) in [7, 11) is -3.12. The summed E-state index contributed by atoms with van der Waals surface area (Å²) >= 11 is 6.12. The van der Waals surface area contributed by atoms with Gasteiger partial charge in [0.2, 0.25) is 10.0 Å². The average Bonchev–Trinajstić information content (AvgIpc) is 3.40. The van der Waals surface area contributed by atoms with Crippen LogP contribution in [0.1, 0.15) is 38.7 Å². The van der Waals surface area contributed by atoms with Crippen LogP contribution in [0, 0.1) is 0 Å². The van der Waals surface area contributed by atoms with Crippen molar-refractivity contribution in [3.05, 3.63) is 34.9 Å². The summed E-state index contributed by atoms with van der Waals surface area (Å²) in [5.74, 6) is 0.870. The van der Waals surface area contributed by atoms with Crippen molar-refractivity contribution in [1.82, 2.24) is 15.4 Å². The lowest BCUT2D eigenvalue weighted by Gasteiger charge is -2.16. The van der Waals surface area contributed by atoms with Crippen LogP contribution >= 0.6 is 35.6 Å². The Balaban J connectivity index is 0.00000364. The van der Waals surface area contributed by atoms with Crippen molar-refractivity contribution in [1.29, 1.82) is 0 Å². The Morgan fingerprint density at radius 3 is 2.56 bits per heavy atom. The molecule has 0 atom stereocenters. The number of sulfonamides is 1.